The first-order valence-electron chi connectivity index (χ1n) is 10.7. The van der Waals surface area contributed by atoms with Gasteiger partial charge < -0.3 is 15.0 Å². The maximum Gasteiger partial charge on any atom is 0.433 e. The van der Waals surface area contributed by atoms with Gasteiger partial charge in [-0.15, -0.1) is 0 Å². The minimum atomic E-state index is -4.63. The number of nitrogens with zero attached hydrogens (tertiary/aromatic N) is 2. The number of ether oxygens (including phenoxy) is 1. The van der Waals surface area contributed by atoms with E-state index in [1.807, 2.05) is 0 Å². The molecule has 0 atom stereocenters. The Hall–Kier alpha value is -3.10. The van der Waals surface area contributed by atoms with E-state index in [0.717, 1.165) is 42.2 Å². The number of rotatable bonds is 5. The number of aromatic nitrogens is 3. The second-order valence-electron chi connectivity index (χ2n) is 8.18. The van der Waals surface area contributed by atoms with Gasteiger partial charge in [-0.3, -0.25) is 4.79 Å². The Bertz CT molecular complexity index is 1120. The summed E-state index contributed by atoms with van der Waals surface area (Å²) >= 11 is 0. The molecule has 1 fully saturated rings. The number of pyridine rings is 1. The molecule has 9 heteroatoms. The number of carbonyl (C=O) groups excluding carboxylic acids is 1. The van der Waals surface area contributed by atoms with Crippen LogP contribution >= 0.6 is 0 Å². The van der Waals surface area contributed by atoms with Crippen LogP contribution in [0.2, 0.25) is 0 Å². The van der Waals surface area contributed by atoms with Crippen LogP contribution < -0.4 is 10.1 Å². The molecule has 0 saturated heterocycles. The third-order valence-electron chi connectivity index (χ3n) is 6.15. The van der Waals surface area contributed by atoms with Gasteiger partial charge in [0.15, 0.2) is 0 Å². The maximum atomic E-state index is 12.9. The van der Waals surface area contributed by atoms with E-state index in [2.05, 4.69) is 22.2 Å². The fourth-order valence-corrected chi connectivity index (χ4v) is 4.27. The Morgan fingerprint density at radius 2 is 1.94 bits per heavy atom. The van der Waals surface area contributed by atoms with Crippen molar-refractivity contribution in [3.05, 3.63) is 47.5 Å². The molecule has 2 heterocycles. The Balaban J connectivity index is 1.58. The van der Waals surface area contributed by atoms with Crippen molar-refractivity contribution in [2.75, 3.05) is 12.4 Å². The topological polar surface area (TPSA) is 79.9 Å². The second kappa shape index (κ2) is 8.80. The number of hydrogen-bond acceptors (Lipinski definition) is 4. The monoisotopic (exact) mass is 446 g/mol. The average molecular weight is 446 g/mol. The highest BCUT2D eigenvalue weighted by Crippen LogP contribution is 2.37. The van der Waals surface area contributed by atoms with E-state index < -0.39 is 17.8 Å². The first-order valence-corrected chi connectivity index (χ1v) is 10.7. The van der Waals surface area contributed by atoms with Crippen molar-refractivity contribution in [3.63, 3.8) is 0 Å². The minimum Gasteiger partial charge on any atom is -0.494 e. The highest BCUT2D eigenvalue weighted by molar-refractivity contribution is 6.04. The molecule has 0 spiro atoms. The average Bonchev–Trinajstić information content (AvgIpc) is 3.21. The minimum absolute atomic E-state index is 0.328. The summed E-state index contributed by atoms with van der Waals surface area (Å²) in [5.74, 6) is 1.67. The molecule has 0 radical (unpaired) electrons. The standard InChI is InChI=1S/C23H25F3N4O2/c1-3-13-7-9-14(10-8-13)21-28-16-11-18(19(32-2)12-17(16)29-21)30-22(31)15-5-4-6-20(27-15)23(24,25)26/h4-6,11-14H,3,7-10H2,1-2H3,(H,28,29)(H,30,31)/t13-,14-. The maximum absolute atomic E-state index is 12.9. The lowest BCUT2D eigenvalue weighted by atomic mass is 9.80. The van der Waals surface area contributed by atoms with E-state index in [9.17, 15) is 18.0 Å². The molecular weight excluding hydrogens is 421 g/mol. The number of aromatic amines is 1. The largest absolute Gasteiger partial charge is 0.494 e. The molecule has 32 heavy (non-hydrogen) atoms. The van der Waals surface area contributed by atoms with E-state index in [4.69, 9.17) is 9.72 Å². The number of amides is 1. The van der Waals surface area contributed by atoms with Crippen molar-refractivity contribution in [2.24, 2.45) is 5.92 Å². The van der Waals surface area contributed by atoms with Gasteiger partial charge in [0.1, 0.15) is 23.0 Å². The quantitative estimate of drug-likeness (QED) is 0.510. The smallest absolute Gasteiger partial charge is 0.433 e. The first kappa shape index (κ1) is 22.1. The zero-order valence-corrected chi connectivity index (χ0v) is 17.9. The lowest BCUT2D eigenvalue weighted by molar-refractivity contribution is -0.141. The number of carbonyl (C=O) groups is 1. The van der Waals surface area contributed by atoms with Crippen LogP contribution in [0.5, 0.6) is 5.75 Å². The molecule has 2 aromatic heterocycles. The number of benzene rings is 1. The van der Waals surface area contributed by atoms with Crippen molar-refractivity contribution in [1.82, 2.24) is 15.0 Å². The summed E-state index contributed by atoms with van der Waals surface area (Å²) in [5.41, 5.74) is 0.313. The Labute approximate surface area is 183 Å². The number of imidazole rings is 1. The summed E-state index contributed by atoms with van der Waals surface area (Å²) in [4.78, 5) is 24.1. The number of fused-ring (bicyclic) bond motifs is 1. The van der Waals surface area contributed by atoms with Crippen LogP contribution in [0.25, 0.3) is 11.0 Å². The van der Waals surface area contributed by atoms with E-state index in [1.54, 1.807) is 12.1 Å². The molecule has 6 nitrogen and oxygen atoms in total. The molecule has 1 saturated carbocycles. The molecule has 1 aliphatic carbocycles. The van der Waals surface area contributed by atoms with Crippen LogP contribution in [-0.4, -0.2) is 28.0 Å². The van der Waals surface area contributed by atoms with Crippen LogP contribution in [0.15, 0.2) is 30.3 Å². The Morgan fingerprint density at radius 1 is 1.19 bits per heavy atom. The molecule has 1 amide bonds. The van der Waals surface area contributed by atoms with Gasteiger partial charge in [0.2, 0.25) is 0 Å². The predicted octanol–water partition coefficient (Wildman–Crippen LogP) is 5.92. The van der Waals surface area contributed by atoms with Gasteiger partial charge in [-0.2, -0.15) is 13.2 Å². The highest BCUT2D eigenvalue weighted by Gasteiger charge is 2.33. The highest BCUT2D eigenvalue weighted by atomic mass is 19.4. The SMILES string of the molecule is CC[C@H]1CC[C@H](c2nc3cc(OC)c(NC(=O)c4cccc(C(F)(F)F)n4)cc3[nH]2)CC1. The summed E-state index contributed by atoms with van der Waals surface area (Å²) in [7, 11) is 1.46. The van der Waals surface area contributed by atoms with Crippen molar-refractivity contribution < 1.29 is 22.7 Å². The fourth-order valence-electron chi connectivity index (χ4n) is 4.27. The molecule has 0 bridgehead atoms. The Kier molecular flexibility index (Phi) is 6.08. The molecule has 3 aromatic rings. The zero-order chi connectivity index (χ0) is 22.9. The van der Waals surface area contributed by atoms with E-state index >= 15 is 0 Å². The van der Waals surface area contributed by atoms with Gasteiger partial charge in [0.05, 0.1) is 23.8 Å². The van der Waals surface area contributed by atoms with Crippen molar-refractivity contribution in [3.8, 4) is 5.75 Å². The van der Waals surface area contributed by atoms with Crippen LogP contribution in [0.4, 0.5) is 18.9 Å². The summed E-state index contributed by atoms with van der Waals surface area (Å²) in [6.07, 6.45) is 1.11. The number of anilines is 1. The number of hydrogen-bond donors (Lipinski definition) is 2. The molecule has 170 valence electrons. The van der Waals surface area contributed by atoms with Crippen molar-refractivity contribution in [1.29, 1.82) is 0 Å². The number of nitrogens with one attached hydrogen (secondary N) is 2. The van der Waals surface area contributed by atoms with Crippen LogP contribution in [0.1, 0.15) is 67.0 Å². The van der Waals surface area contributed by atoms with Crippen LogP contribution in [0, 0.1) is 5.92 Å². The lowest BCUT2D eigenvalue weighted by Crippen LogP contribution is -2.17. The first-order chi connectivity index (χ1) is 15.3. The second-order valence-corrected chi connectivity index (χ2v) is 8.18. The summed E-state index contributed by atoms with van der Waals surface area (Å²) < 4.78 is 44.2. The van der Waals surface area contributed by atoms with E-state index in [-0.39, 0.29) is 5.69 Å². The molecule has 4 rings (SSSR count). The van der Waals surface area contributed by atoms with Gasteiger partial charge in [-0.05, 0) is 49.8 Å². The number of methoxy groups -OCH3 is 1. The normalized spacial score (nSPS) is 19.2. The Morgan fingerprint density at radius 3 is 2.59 bits per heavy atom. The van der Waals surface area contributed by atoms with Gasteiger partial charge in [-0.25, -0.2) is 9.97 Å². The zero-order valence-electron chi connectivity index (χ0n) is 17.9. The number of halogens is 3. The summed E-state index contributed by atoms with van der Waals surface area (Å²) in [6, 6.07) is 6.61. The molecular formula is C23H25F3N4O2. The molecule has 0 aliphatic heterocycles. The fraction of sp³-hybridized carbons (Fsp3) is 0.435. The third-order valence-corrected chi connectivity index (χ3v) is 6.15. The lowest BCUT2D eigenvalue weighted by Gasteiger charge is -2.26. The van der Waals surface area contributed by atoms with Crippen molar-refractivity contribution in [2.45, 2.75) is 51.1 Å². The van der Waals surface area contributed by atoms with Gasteiger partial charge >= 0.3 is 6.18 Å². The molecule has 1 aliphatic rings. The molecule has 2 N–H and O–H groups in total. The van der Waals surface area contributed by atoms with Gasteiger partial charge in [0, 0.05) is 12.0 Å². The number of H-pyrrole nitrogens is 1. The summed E-state index contributed by atoms with van der Waals surface area (Å²) in [6.45, 7) is 2.23. The summed E-state index contributed by atoms with van der Waals surface area (Å²) in [5, 5.41) is 2.61. The third kappa shape index (κ3) is 4.56. The van der Waals surface area contributed by atoms with Crippen LogP contribution in [-0.2, 0) is 6.18 Å². The number of alkyl halides is 3. The molecule has 1 aromatic carbocycles. The molecule has 0 unspecified atom stereocenters. The van der Waals surface area contributed by atoms with Crippen molar-refractivity contribution >= 4 is 22.6 Å². The van der Waals surface area contributed by atoms with Crippen LogP contribution in [0.3, 0.4) is 0 Å². The predicted molar refractivity (Wildman–Crippen MR) is 115 cm³/mol. The van der Waals surface area contributed by atoms with E-state index in [0.29, 0.717) is 22.9 Å². The van der Waals surface area contributed by atoms with Gasteiger partial charge in [-0.1, -0.05) is 19.4 Å². The van der Waals surface area contributed by atoms with Gasteiger partial charge in [0.25, 0.3) is 5.91 Å². The van der Waals surface area contributed by atoms with E-state index in [1.165, 1.54) is 32.4 Å².